The molecular formula is C21H40N8O6. The average molecular weight is 501 g/mol. The molecule has 0 aliphatic carbocycles. The number of hydrogen-bond acceptors (Lipinski definition) is 7. The molecule has 0 heterocycles. The molecule has 0 spiro atoms. The Kier molecular flexibility index (Phi) is 14.0. The van der Waals surface area contributed by atoms with Crippen LogP contribution in [0, 0.1) is 11.8 Å². The lowest BCUT2D eigenvalue weighted by Crippen LogP contribution is -2.59. The van der Waals surface area contributed by atoms with E-state index in [0.717, 1.165) is 0 Å². The minimum absolute atomic E-state index is 0.0852. The van der Waals surface area contributed by atoms with Gasteiger partial charge in [0.05, 0.1) is 6.04 Å². The van der Waals surface area contributed by atoms with Crippen molar-refractivity contribution in [3.63, 3.8) is 0 Å². The number of hydrogen-bond donors (Lipinski definition) is 8. The van der Waals surface area contributed by atoms with E-state index < -0.39 is 65.6 Å². The molecule has 4 amide bonds. The largest absolute Gasteiger partial charge is 0.480 e. The summed E-state index contributed by atoms with van der Waals surface area (Å²) < 4.78 is 0. The SMILES string of the molecule is CC(C)C(NC(=O)C(NC(=O)C(CCC(N)=O)NC(=O)C(N)CCCN=C(N)N)C(C)C)C(=O)O. The van der Waals surface area contributed by atoms with Crippen molar-refractivity contribution in [2.75, 3.05) is 6.54 Å². The average Bonchev–Trinajstić information content (AvgIpc) is 2.74. The molecule has 14 heteroatoms. The van der Waals surface area contributed by atoms with E-state index in [2.05, 4.69) is 20.9 Å². The predicted molar refractivity (Wildman–Crippen MR) is 129 cm³/mol. The number of carbonyl (C=O) groups excluding carboxylic acids is 4. The number of nitrogens with one attached hydrogen (secondary N) is 3. The molecule has 14 nitrogen and oxygen atoms in total. The number of amides is 4. The van der Waals surface area contributed by atoms with Crippen molar-refractivity contribution in [3.8, 4) is 0 Å². The second kappa shape index (κ2) is 15.5. The van der Waals surface area contributed by atoms with Crippen LogP contribution >= 0.6 is 0 Å². The van der Waals surface area contributed by atoms with Crippen LogP contribution in [-0.4, -0.2) is 71.4 Å². The number of rotatable bonds is 16. The molecule has 0 saturated heterocycles. The van der Waals surface area contributed by atoms with Gasteiger partial charge in [-0.05, 0) is 31.1 Å². The van der Waals surface area contributed by atoms with E-state index >= 15 is 0 Å². The molecule has 35 heavy (non-hydrogen) atoms. The first kappa shape index (κ1) is 31.6. The van der Waals surface area contributed by atoms with Crippen LogP contribution in [0.1, 0.15) is 53.4 Å². The van der Waals surface area contributed by atoms with Crippen LogP contribution in [0.25, 0.3) is 0 Å². The maximum absolute atomic E-state index is 13.0. The molecule has 0 bridgehead atoms. The van der Waals surface area contributed by atoms with E-state index in [4.69, 9.17) is 22.9 Å². The molecule has 0 aromatic carbocycles. The minimum Gasteiger partial charge on any atom is -0.480 e. The predicted octanol–water partition coefficient (Wildman–Crippen LogP) is -2.52. The van der Waals surface area contributed by atoms with Gasteiger partial charge in [-0.15, -0.1) is 0 Å². The Bertz CT molecular complexity index is 782. The molecule has 0 aliphatic heterocycles. The Morgan fingerprint density at radius 2 is 1.34 bits per heavy atom. The van der Waals surface area contributed by atoms with Crippen LogP contribution in [0.4, 0.5) is 0 Å². The van der Waals surface area contributed by atoms with Crippen molar-refractivity contribution in [3.05, 3.63) is 0 Å². The lowest BCUT2D eigenvalue weighted by Gasteiger charge is -2.27. The first-order valence-corrected chi connectivity index (χ1v) is 11.4. The zero-order valence-electron chi connectivity index (χ0n) is 20.7. The fourth-order valence-electron chi connectivity index (χ4n) is 3.03. The molecule has 4 unspecified atom stereocenters. The van der Waals surface area contributed by atoms with Crippen molar-refractivity contribution in [1.29, 1.82) is 0 Å². The number of aliphatic imine (C=N–C) groups is 1. The van der Waals surface area contributed by atoms with Gasteiger partial charge in [0.15, 0.2) is 5.96 Å². The van der Waals surface area contributed by atoms with Crippen LogP contribution < -0.4 is 38.9 Å². The van der Waals surface area contributed by atoms with E-state index in [1.807, 2.05) is 0 Å². The number of nitrogens with two attached hydrogens (primary N) is 4. The first-order valence-electron chi connectivity index (χ1n) is 11.4. The summed E-state index contributed by atoms with van der Waals surface area (Å²) in [6.07, 6.45) is 0.325. The third kappa shape index (κ3) is 12.6. The Hall–Kier alpha value is -3.42. The molecule has 0 aromatic heterocycles. The second-order valence-corrected chi connectivity index (χ2v) is 8.92. The molecule has 0 fully saturated rings. The van der Waals surface area contributed by atoms with Gasteiger partial charge in [-0.25, -0.2) is 4.79 Å². The van der Waals surface area contributed by atoms with Gasteiger partial charge in [-0.2, -0.15) is 0 Å². The van der Waals surface area contributed by atoms with Crippen molar-refractivity contribution in [2.45, 2.75) is 77.5 Å². The summed E-state index contributed by atoms with van der Waals surface area (Å²) in [5.41, 5.74) is 21.6. The molecule has 0 saturated carbocycles. The van der Waals surface area contributed by atoms with Crippen molar-refractivity contribution in [2.24, 2.45) is 39.8 Å². The Morgan fingerprint density at radius 1 is 0.800 bits per heavy atom. The highest BCUT2D eigenvalue weighted by molar-refractivity contribution is 5.94. The number of aliphatic carboxylic acids is 1. The molecule has 0 aliphatic rings. The van der Waals surface area contributed by atoms with Gasteiger partial charge in [-0.1, -0.05) is 27.7 Å². The summed E-state index contributed by atoms with van der Waals surface area (Å²) >= 11 is 0. The first-order chi connectivity index (χ1) is 16.2. The van der Waals surface area contributed by atoms with Crippen LogP contribution in [0.15, 0.2) is 4.99 Å². The monoisotopic (exact) mass is 500 g/mol. The van der Waals surface area contributed by atoms with Crippen LogP contribution in [0.3, 0.4) is 0 Å². The van der Waals surface area contributed by atoms with E-state index in [9.17, 15) is 29.1 Å². The zero-order chi connectivity index (χ0) is 27.3. The maximum atomic E-state index is 13.0. The lowest BCUT2D eigenvalue weighted by atomic mass is 9.99. The number of carboxylic acids is 1. The molecule has 200 valence electrons. The summed E-state index contributed by atoms with van der Waals surface area (Å²) in [4.78, 5) is 64.7. The summed E-state index contributed by atoms with van der Waals surface area (Å²) in [6, 6.07) is -4.42. The summed E-state index contributed by atoms with van der Waals surface area (Å²) in [6.45, 7) is 6.88. The van der Waals surface area contributed by atoms with Crippen molar-refractivity contribution >= 4 is 35.6 Å². The highest BCUT2D eigenvalue weighted by atomic mass is 16.4. The van der Waals surface area contributed by atoms with E-state index in [1.54, 1.807) is 27.7 Å². The van der Waals surface area contributed by atoms with Crippen LogP contribution in [-0.2, 0) is 24.0 Å². The number of primary amides is 1. The normalized spacial score (nSPS) is 14.4. The second-order valence-electron chi connectivity index (χ2n) is 8.92. The quantitative estimate of drug-likeness (QED) is 0.0631. The Balaban J connectivity index is 5.39. The molecule has 0 rings (SSSR count). The molecular weight excluding hydrogens is 460 g/mol. The fourth-order valence-corrected chi connectivity index (χ4v) is 3.03. The topological polar surface area (TPSA) is 258 Å². The summed E-state index contributed by atoms with van der Waals surface area (Å²) in [5.74, 6) is -4.85. The smallest absolute Gasteiger partial charge is 0.326 e. The Labute approximate surface area is 205 Å². The van der Waals surface area contributed by atoms with E-state index in [-0.39, 0.29) is 31.8 Å². The fraction of sp³-hybridized carbons (Fsp3) is 0.714. The molecule has 4 atom stereocenters. The van der Waals surface area contributed by atoms with E-state index in [1.165, 1.54) is 0 Å². The number of guanidine groups is 1. The third-order valence-corrected chi connectivity index (χ3v) is 5.09. The van der Waals surface area contributed by atoms with Crippen molar-refractivity contribution in [1.82, 2.24) is 16.0 Å². The van der Waals surface area contributed by atoms with Gasteiger partial charge in [0.25, 0.3) is 0 Å². The van der Waals surface area contributed by atoms with Gasteiger partial charge in [-0.3, -0.25) is 24.2 Å². The highest BCUT2D eigenvalue weighted by Crippen LogP contribution is 2.08. The van der Waals surface area contributed by atoms with Gasteiger partial charge < -0.3 is 44.0 Å². The Morgan fingerprint density at radius 3 is 1.80 bits per heavy atom. The van der Waals surface area contributed by atoms with Crippen LogP contribution in [0.2, 0.25) is 0 Å². The van der Waals surface area contributed by atoms with Gasteiger partial charge in [0.1, 0.15) is 18.1 Å². The van der Waals surface area contributed by atoms with Gasteiger partial charge in [0.2, 0.25) is 23.6 Å². The zero-order valence-corrected chi connectivity index (χ0v) is 20.7. The van der Waals surface area contributed by atoms with E-state index in [0.29, 0.717) is 6.42 Å². The molecule has 12 N–H and O–H groups in total. The standard InChI is InChI=1S/C21H40N8O6/c1-10(2)15(19(33)29-16(11(3)4)20(34)35)28-18(32)13(7-8-14(23)30)27-17(31)12(22)6-5-9-26-21(24)25/h10-13,15-16H,5-9,22H2,1-4H3,(H2,23,30)(H,27,31)(H,28,32)(H,29,33)(H,34,35)(H4,24,25,26). The van der Waals surface area contributed by atoms with Crippen molar-refractivity contribution < 1.29 is 29.1 Å². The third-order valence-electron chi connectivity index (χ3n) is 5.09. The maximum Gasteiger partial charge on any atom is 0.326 e. The number of carboxylic acid groups (broad SMARTS) is 1. The van der Waals surface area contributed by atoms with Gasteiger partial charge in [0, 0.05) is 13.0 Å². The molecule has 0 aromatic rings. The lowest BCUT2D eigenvalue weighted by molar-refractivity contribution is -0.143. The number of carbonyl (C=O) groups is 5. The summed E-state index contributed by atoms with van der Waals surface area (Å²) in [7, 11) is 0. The molecule has 0 radical (unpaired) electrons. The highest BCUT2D eigenvalue weighted by Gasteiger charge is 2.32. The van der Waals surface area contributed by atoms with Gasteiger partial charge >= 0.3 is 5.97 Å². The van der Waals surface area contributed by atoms with Crippen LogP contribution in [0.5, 0.6) is 0 Å². The number of nitrogens with zero attached hydrogens (tertiary/aromatic N) is 1. The summed E-state index contributed by atoms with van der Waals surface area (Å²) in [5, 5.41) is 16.8. The minimum atomic E-state index is -1.21.